The molecule has 1 N–H and O–H groups in total. The van der Waals surface area contributed by atoms with Crippen LogP contribution >= 0.6 is 11.3 Å². The Bertz CT molecular complexity index is 1080. The highest BCUT2D eigenvalue weighted by Gasteiger charge is 2.61. The van der Waals surface area contributed by atoms with Crippen LogP contribution in [-0.2, 0) is 15.1 Å². The summed E-state index contributed by atoms with van der Waals surface area (Å²) in [5.74, 6) is -0.239. The first-order valence-electron chi connectivity index (χ1n) is 11.4. The largest absolute Gasteiger partial charge is 1.00 e. The van der Waals surface area contributed by atoms with Crippen molar-refractivity contribution in [1.82, 2.24) is 0 Å². The zero-order valence-corrected chi connectivity index (χ0v) is 21.9. The summed E-state index contributed by atoms with van der Waals surface area (Å²) in [6.45, 7) is 3.27. The first-order chi connectivity index (χ1) is 15.4. The van der Waals surface area contributed by atoms with Gasteiger partial charge in [-0.2, -0.15) is 0 Å². The van der Waals surface area contributed by atoms with Crippen LogP contribution in [0.15, 0.2) is 78.2 Å². The molecule has 1 aromatic heterocycles. The molecule has 3 aromatic rings. The second-order valence-corrected chi connectivity index (χ2v) is 10.4. The maximum Gasteiger partial charge on any atom is 0.349 e. The van der Waals surface area contributed by atoms with Crippen molar-refractivity contribution in [2.24, 2.45) is 5.92 Å². The average Bonchev–Trinajstić information content (AvgIpc) is 3.56. The molecule has 1 aliphatic carbocycles. The Hall–Kier alpha value is -1.74. The molecule has 1 saturated heterocycles. The minimum Gasteiger partial charge on any atom is -1.00 e. The van der Waals surface area contributed by atoms with Crippen LogP contribution in [0.4, 0.5) is 0 Å². The topological polar surface area (TPSA) is 46.5 Å². The lowest BCUT2D eigenvalue weighted by Crippen LogP contribution is -3.00. The molecule has 33 heavy (non-hydrogen) atoms. The number of fused-ring (bicyclic) bond motifs is 2. The van der Waals surface area contributed by atoms with E-state index >= 15 is 0 Å². The van der Waals surface area contributed by atoms with Crippen LogP contribution in [0.2, 0.25) is 0 Å². The highest BCUT2D eigenvalue weighted by molar-refractivity contribution is 7.10. The highest BCUT2D eigenvalue weighted by atomic mass is 127. The van der Waals surface area contributed by atoms with Gasteiger partial charge < -0.3 is 38.3 Å². The maximum atomic E-state index is 13.6. The minimum atomic E-state index is -1.79. The molecule has 174 valence electrons. The smallest absolute Gasteiger partial charge is 0.349 e. The summed E-state index contributed by atoms with van der Waals surface area (Å²) >= 11 is 1.38. The van der Waals surface area contributed by atoms with Crippen molar-refractivity contribution in [2.75, 3.05) is 13.6 Å². The van der Waals surface area contributed by atoms with Crippen molar-refractivity contribution in [1.29, 1.82) is 0 Å². The van der Waals surface area contributed by atoms with Crippen molar-refractivity contribution < 1.29 is 43.1 Å². The fraction of sp³-hybridized carbons (Fsp3) is 0.370. The number of hydrogen-bond donors (Lipinski definition) is 1. The fourth-order valence-electron chi connectivity index (χ4n) is 5.92. The number of piperidine rings is 1. The van der Waals surface area contributed by atoms with E-state index in [2.05, 4.69) is 38.2 Å². The van der Waals surface area contributed by atoms with Gasteiger partial charge in [-0.1, -0.05) is 66.7 Å². The number of nitrogens with zero attached hydrogens (tertiary/aromatic N) is 1. The molecule has 6 atom stereocenters. The molecular weight excluding hydrogens is 545 g/mol. The molecule has 2 heterocycles. The molecule has 1 saturated carbocycles. The van der Waals surface area contributed by atoms with E-state index in [-0.39, 0.29) is 36.1 Å². The number of likely N-dealkylation sites (N-methyl/N-ethyl adjacent to an activating group) is 1. The van der Waals surface area contributed by atoms with Gasteiger partial charge in [-0.15, -0.1) is 11.3 Å². The van der Waals surface area contributed by atoms with Crippen molar-refractivity contribution in [3.05, 3.63) is 94.2 Å². The molecule has 2 aliphatic rings. The number of ether oxygens (including phenoxy) is 1. The monoisotopic (exact) mass is 575 g/mol. The quantitative estimate of drug-likeness (QED) is 0.278. The lowest BCUT2D eigenvalue weighted by molar-refractivity contribution is -0.954. The van der Waals surface area contributed by atoms with Crippen LogP contribution in [0.25, 0.3) is 0 Å². The number of hydrogen-bond acceptors (Lipinski definition) is 4. The summed E-state index contributed by atoms with van der Waals surface area (Å²) in [5.41, 5.74) is 0.0750. The molecule has 2 bridgehead atoms. The summed E-state index contributed by atoms with van der Waals surface area (Å²) in [6, 6.07) is 24.0. The number of carbonyl (C=O) groups excluding carboxylic acids is 1. The van der Waals surface area contributed by atoms with Gasteiger partial charge in [-0.05, 0) is 24.8 Å². The van der Waals surface area contributed by atoms with Gasteiger partial charge in [0, 0.05) is 17.5 Å². The van der Waals surface area contributed by atoms with Crippen LogP contribution < -0.4 is 24.0 Å². The Morgan fingerprint density at radius 2 is 1.73 bits per heavy atom. The van der Waals surface area contributed by atoms with Gasteiger partial charge in [0.05, 0.1) is 24.4 Å². The van der Waals surface area contributed by atoms with E-state index in [1.165, 1.54) is 16.9 Å². The summed E-state index contributed by atoms with van der Waals surface area (Å²) in [6.07, 6.45) is 1.94. The average molecular weight is 576 g/mol. The van der Waals surface area contributed by atoms with Crippen LogP contribution in [-0.4, -0.2) is 41.3 Å². The van der Waals surface area contributed by atoms with E-state index in [0.29, 0.717) is 22.4 Å². The van der Waals surface area contributed by atoms with Gasteiger partial charge in [0.15, 0.2) is 6.10 Å². The van der Waals surface area contributed by atoms with E-state index in [1.807, 2.05) is 35.7 Å². The van der Waals surface area contributed by atoms with Crippen molar-refractivity contribution in [2.45, 2.75) is 43.6 Å². The third kappa shape index (κ3) is 4.05. The summed E-state index contributed by atoms with van der Waals surface area (Å²) in [4.78, 5) is 14.2. The SMILES string of the molecule is C[C@H](c1ccccc1)[N+]1(C)CC2CC[C@H]1C2OC(=O)C(O)(c1ccccc1)c1cccs1.[I-]. The minimum absolute atomic E-state index is 0. The van der Waals surface area contributed by atoms with Crippen LogP contribution in [0.3, 0.4) is 0 Å². The molecular formula is C27H30INO3S. The summed E-state index contributed by atoms with van der Waals surface area (Å²) < 4.78 is 7.10. The Morgan fingerprint density at radius 1 is 1.06 bits per heavy atom. The predicted octanol–water partition coefficient (Wildman–Crippen LogP) is 1.90. The summed E-state index contributed by atoms with van der Waals surface area (Å²) in [7, 11) is 2.30. The van der Waals surface area contributed by atoms with Crippen molar-refractivity contribution in [3.63, 3.8) is 0 Å². The second-order valence-electron chi connectivity index (χ2n) is 9.44. The lowest BCUT2D eigenvalue weighted by Gasteiger charge is -2.43. The highest BCUT2D eigenvalue weighted by Crippen LogP contribution is 2.49. The van der Waals surface area contributed by atoms with Gasteiger partial charge >= 0.3 is 5.97 Å². The van der Waals surface area contributed by atoms with E-state index < -0.39 is 11.6 Å². The molecule has 1 aliphatic heterocycles. The molecule has 0 spiro atoms. The van der Waals surface area contributed by atoms with Crippen LogP contribution in [0.5, 0.6) is 0 Å². The van der Waals surface area contributed by atoms with E-state index in [9.17, 15) is 9.90 Å². The molecule has 2 fully saturated rings. The van der Waals surface area contributed by atoms with E-state index in [0.717, 1.165) is 23.9 Å². The lowest BCUT2D eigenvalue weighted by atomic mass is 9.92. The Morgan fingerprint density at radius 3 is 2.36 bits per heavy atom. The number of quaternary nitrogens is 1. The molecule has 2 aromatic carbocycles. The number of rotatable bonds is 6. The standard InChI is InChI=1S/C27H30NO3S.HI/c1-19(20-10-5-3-6-11-20)28(2)18-21-15-16-23(28)25(21)31-26(29)27(30,24-14-9-17-32-24)22-12-7-4-8-13-22;/h3-14,17,19,21,23,25,30H,15-16,18H2,1-2H3;1H/q+1;/p-1/t19-,21?,23+,25?,27?,28?;/m1./s1. The van der Waals surface area contributed by atoms with Crippen LogP contribution in [0.1, 0.15) is 41.8 Å². The van der Waals surface area contributed by atoms with Gasteiger partial charge in [0.25, 0.3) is 0 Å². The van der Waals surface area contributed by atoms with E-state index in [4.69, 9.17) is 4.74 Å². The third-order valence-corrected chi connectivity index (χ3v) is 8.82. The summed E-state index contributed by atoms with van der Waals surface area (Å²) in [5, 5.41) is 13.6. The number of benzene rings is 2. The fourth-order valence-corrected chi connectivity index (χ4v) is 6.75. The number of esters is 1. The Kier molecular flexibility index (Phi) is 7.01. The number of carbonyl (C=O) groups is 1. The number of thiophene rings is 1. The number of aliphatic hydroxyl groups is 1. The van der Waals surface area contributed by atoms with Crippen molar-refractivity contribution >= 4 is 17.3 Å². The normalized spacial score (nSPS) is 28.5. The van der Waals surface area contributed by atoms with Gasteiger partial charge in [0.1, 0.15) is 12.1 Å². The maximum absolute atomic E-state index is 13.6. The van der Waals surface area contributed by atoms with E-state index in [1.54, 1.807) is 18.2 Å². The second kappa shape index (κ2) is 9.49. The van der Waals surface area contributed by atoms with Gasteiger partial charge in [0.2, 0.25) is 5.60 Å². The van der Waals surface area contributed by atoms with Gasteiger partial charge in [-0.25, -0.2) is 4.79 Å². The zero-order chi connectivity index (χ0) is 22.3. The molecule has 0 radical (unpaired) electrons. The first kappa shape index (κ1) is 24.4. The molecule has 4 nitrogen and oxygen atoms in total. The van der Waals surface area contributed by atoms with Crippen molar-refractivity contribution in [3.8, 4) is 0 Å². The Labute approximate surface area is 216 Å². The van der Waals surface area contributed by atoms with Crippen LogP contribution in [0, 0.1) is 5.92 Å². The molecule has 0 amide bonds. The molecule has 5 rings (SSSR count). The Balaban J connectivity index is 0.00000259. The molecule has 4 unspecified atom stereocenters. The first-order valence-corrected chi connectivity index (χ1v) is 12.3. The predicted molar refractivity (Wildman–Crippen MR) is 126 cm³/mol. The number of likely N-dealkylation sites (tertiary alicyclic amines) is 1. The van der Waals surface area contributed by atoms with Gasteiger partial charge in [-0.3, -0.25) is 0 Å². The number of halogens is 1. The molecule has 6 heteroatoms. The zero-order valence-electron chi connectivity index (χ0n) is 18.9. The third-order valence-electron chi connectivity index (χ3n) is 7.84.